The molecule has 2 aromatic rings. The summed E-state index contributed by atoms with van der Waals surface area (Å²) in [6, 6.07) is 12.0. The first-order valence-electron chi connectivity index (χ1n) is 7.93. The number of ether oxygens (including phenoxy) is 2. The second kappa shape index (κ2) is 7.18. The zero-order valence-corrected chi connectivity index (χ0v) is 14.9. The van der Waals surface area contributed by atoms with Crippen LogP contribution in [0.5, 0.6) is 11.5 Å². The smallest absolute Gasteiger partial charge is 0.233 e. The largest absolute Gasteiger partial charge is 0.454 e. The molecule has 1 aliphatic heterocycles. The number of hydrogen-bond donors (Lipinski definition) is 1. The molecule has 4 nitrogen and oxygen atoms in total. The van der Waals surface area contributed by atoms with Crippen LogP contribution in [0.2, 0.25) is 0 Å². The maximum atomic E-state index is 12.4. The van der Waals surface area contributed by atoms with Crippen LogP contribution >= 0.6 is 11.8 Å². The van der Waals surface area contributed by atoms with E-state index in [-0.39, 0.29) is 18.0 Å². The molecule has 0 aliphatic carbocycles. The lowest BCUT2D eigenvalue weighted by molar-refractivity contribution is -0.120. The Balaban J connectivity index is 1.57. The summed E-state index contributed by atoms with van der Waals surface area (Å²) in [5.74, 6) is 1.52. The predicted octanol–water partition coefficient (Wildman–Crippen LogP) is 3.83. The molecule has 1 aliphatic rings. The quantitative estimate of drug-likeness (QED) is 0.838. The van der Waals surface area contributed by atoms with Gasteiger partial charge in [-0.2, -0.15) is 0 Å². The molecule has 1 atom stereocenters. The molecule has 0 spiro atoms. The van der Waals surface area contributed by atoms with Crippen LogP contribution in [0.25, 0.3) is 0 Å². The number of carbonyl (C=O) groups excluding carboxylic acids is 1. The number of thioether (sulfide) groups is 1. The summed E-state index contributed by atoms with van der Waals surface area (Å²) in [6.45, 7) is 6.80. The average Bonchev–Trinajstić information content (AvgIpc) is 3.03. The molecule has 0 fully saturated rings. The van der Waals surface area contributed by atoms with Crippen LogP contribution in [0, 0.1) is 13.8 Å². The normalized spacial score (nSPS) is 13.6. The standard InChI is InChI=1S/C19H21NO3S/c1-12-4-5-13(2)18(8-12)24-14(3)19(21)20-10-15-6-7-16-17(9-15)23-11-22-16/h4-9,14H,10-11H2,1-3H3,(H,20,21)/t14-/m1/s1. The third-order valence-corrected chi connectivity index (χ3v) is 5.18. The van der Waals surface area contributed by atoms with Crippen molar-refractivity contribution in [1.82, 2.24) is 5.32 Å². The summed E-state index contributed by atoms with van der Waals surface area (Å²) in [4.78, 5) is 13.5. The van der Waals surface area contributed by atoms with Crippen molar-refractivity contribution in [2.45, 2.75) is 37.5 Å². The Morgan fingerprint density at radius 3 is 2.79 bits per heavy atom. The first-order valence-corrected chi connectivity index (χ1v) is 8.81. The third-order valence-electron chi connectivity index (χ3n) is 3.92. The van der Waals surface area contributed by atoms with Gasteiger partial charge in [-0.3, -0.25) is 4.79 Å². The molecule has 24 heavy (non-hydrogen) atoms. The average molecular weight is 343 g/mol. The van der Waals surface area contributed by atoms with E-state index in [0.29, 0.717) is 6.54 Å². The van der Waals surface area contributed by atoms with E-state index in [4.69, 9.17) is 9.47 Å². The molecule has 1 heterocycles. The highest BCUT2D eigenvalue weighted by Gasteiger charge is 2.17. The van der Waals surface area contributed by atoms with Crippen molar-refractivity contribution in [2.75, 3.05) is 6.79 Å². The van der Waals surface area contributed by atoms with E-state index in [1.165, 1.54) is 11.1 Å². The van der Waals surface area contributed by atoms with Crippen molar-refractivity contribution in [3.8, 4) is 11.5 Å². The summed E-state index contributed by atoms with van der Waals surface area (Å²) in [6.07, 6.45) is 0. The number of hydrogen-bond acceptors (Lipinski definition) is 4. The van der Waals surface area contributed by atoms with Crippen molar-refractivity contribution in [3.05, 3.63) is 53.1 Å². The molecule has 126 valence electrons. The van der Waals surface area contributed by atoms with Gasteiger partial charge in [0.1, 0.15) is 0 Å². The fraction of sp³-hybridized carbons (Fsp3) is 0.316. The number of benzene rings is 2. The van der Waals surface area contributed by atoms with E-state index < -0.39 is 0 Å². The van der Waals surface area contributed by atoms with Gasteiger partial charge in [0.15, 0.2) is 11.5 Å². The van der Waals surface area contributed by atoms with E-state index >= 15 is 0 Å². The Labute approximate surface area is 146 Å². The Morgan fingerprint density at radius 2 is 1.96 bits per heavy atom. The zero-order chi connectivity index (χ0) is 17.1. The first kappa shape index (κ1) is 16.7. The van der Waals surface area contributed by atoms with Crippen LogP contribution in [-0.2, 0) is 11.3 Å². The minimum atomic E-state index is -0.153. The van der Waals surface area contributed by atoms with E-state index in [2.05, 4.69) is 37.4 Å². The van der Waals surface area contributed by atoms with Crippen molar-refractivity contribution < 1.29 is 14.3 Å². The second-order valence-electron chi connectivity index (χ2n) is 5.93. The Bertz CT molecular complexity index is 760. The first-order chi connectivity index (χ1) is 11.5. The summed E-state index contributed by atoms with van der Waals surface area (Å²) < 4.78 is 10.6. The van der Waals surface area contributed by atoms with E-state index in [9.17, 15) is 4.79 Å². The van der Waals surface area contributed by atoms with Crippen LogP contribution < -0.4 is 14.8 Å². The second-order valence-corrected chi connectivity index (χ2v) is 7.32. The lowest BCUT2D eigenvalue weighted by atomic mass is 10.2. The van der Waals surface area contributed by atoms with Gasteiger partial charge in [0, 0.05) is 11.4 Å². The molecule has 2 aromatic carbocycles. The monoisotopic (exact) mass is 343 g/mol. The van der Waals surface area contributed by atoms with Crippen molar-refractivity contribution >= 4 is 17.7 Å². The fourth-order valence-corrected chi connectivity index (χ4v) is 3.54. The van der Waals surface area contributed by atoms with Crippen LogP contribution in [0.15, 0.2) is 41.3 Å². The molecule has 0 saturated carbocycles. The molecule has 0 aromatic heterocycles. The summed E-state index contributed by atoms with van der Waals surface area (Å²) in [7, 11) is 0. The van der Waals surface area contributed by atoms with E-state index in [1.807, 2.05) is 25.1 Å². The number of nitrogens with one attached hydrogen (secondary N) is 1. The maximum absolute atomic E-state index is 12.4. The SMILES string of the molecule is Cc1ccc(C)c(S[C@H](C)C(=O)NCc2ccc3c(c2)OCO3)c1. The van der Waals surface area contributed by atoms with Gasteiger partial charge in [-0.25, -0.2) is 0 Å². The molecule has 1 amide bonds. The molecule has 3 rings (SSSR count). The van der Waals surface area contributed by atoms with Crippen LogP contribution in [0.4, 0.5) is 0 Å². The molecule has 1 N–H and O–H groups in total. The van der Waals surface area contributed by atoms with Gasteiger partial charge in [-0.15, -0.1) is 11.8 Å². The molecular weight excluding hydrogens is 322 g/mol. The third kappa shape index (κ3) is 3.85. The van der Waals surface area contributed by atoms with Crippen LogP contribution in [0.1, 0.15) is 23.6 Å². The number of aryl methyl sites for hydroxylation is 2. The van der Waals surface area contributed by atoms with Gasteiger partial charge in [-0.05, 0) is 50.1 Å². The molecule has 0 saturated heterocycles. The molecular formula is C19H21NO3S. The summed E-state index contributed by atoms with van der Waals surface area (Å²) in [5, 5.41) is 2.83. The summed E-state index contributed by atoms with van der Waals surface area (Å²) in [5.41, 5.74) is 3.40. The van der Waals surface area contributed by atoms with Crippen LogP contribution in [0.3, 0.4) is 0 Å². The van der Waals surface area contributed by atoms with Gasteiger partial charge >= 0.3 is 0 Å². The molecule has 0 bridgehead atoms. The topological polar surface area (TPSA) is 47.6 Å². The lowest BCUT2D eigenvalue weighted by Gasteiger charge is -2.14. The van der Waals surface area contributed by atoms with Crippen molar-refractivity contribution in [1.29, 1.82) is 0 Å². The maximum Gasteiger partial charge on any atom is 0.233 e. The molecule has 5 heteroatoms. The van der Waals surface area contributed by atoms with Gasteiger partial charge in [0.05, 0.1) is 5.25 Å². The highest BCUT2D eigenvalue weighted by atomic mass is 32.2. The minimum absolute atomic E-state index is 0.0265. The number of amides is 1. The van der Waals surface area contributed by atoms with Crippen molar-refractivity contribution in [3.63, 3.8) is 0 Å². The minimum Gasteiger partial charge on any atom is -0.454 e. The van der Waals surface area contributed by atoms with Crippen LogP contribution in [-0.4, -0.2) is 18.0 Å². The zero-order valence-electron chi connectivity index (χ0n) is 14.1. The highest BCUT2D eigenvalue weighted by molar-refractivity contribution is 8.00. The predicted molar refractivity (Wildman–Crippen MR) is 95.6 cm³/mol. The van der Waals surface area contributed by atoms with Gasteiger partial charge in [0.2, 0.25) is 12.7 Å². The van der Waals surface area contributed by atoms with Gasteiger partial charge in [0.25, 0.3) is 0 Å². The Hall–Kier alpha value is -2.14. The Morgan fingerprint density at radius 1 is 1.17 bits per heavy atom. The van der Waals surface area contributed by atoms with E-state index in [0.717, 1.165) is 22.0 Å². The van der Waals surface area contributed by atoms with Gasteiger partial charge < -0.3 is 14.8 Å². The lowest BCUT2D eigenvalue weighted by Crippen LogP contribution is -2.30. The number of carbonyl (C=O) groups is 1. The summed E-state index contributed by atoms with van der Waals surface area (Å²) >= 11 is 1.59. The number of fused-ring (bicyclic) bond motifs is 1. The molecule has 0 unspecified atom stereocenters. The fourth-order valence-electron chi connectivity index (χ4n) is 2.46. The Kier molecular flexibility index (Phi) is 5.00. The highest BCUT2D eigenvalue weighted by Crippen LogP contribution is 2.32. The van der Waals surface area contributed by atoms with Crippen molar-refractivity contribution in [2.24, 2.45) is 0 Å². The molecule has 0 radical (unpaired) electrons. The number of rotatable bonds is 5. The van der Waals surface area contributed by atoms with Gasteiger partial charge in [-0.1, -0.05) is 23.8 Å². The van der Waals surface area contributed by atoms with E-state index in [1.54, 1.807) is 11.8 Å².